The van der Waals surface area contributed by atoms with Crippen LogP contribution in [-0.4, -0.2) is 49.8 Å². The van der Waals surface area contributed by atoms with Gasteiger partial charge in [-0.3, -0.25) is 18.8 Å². The first-order valence-electron chi connectivity index (χ1n) is 12.3. The van der Waals surface area contributed by atoms with E-state index in [-0.39, 0.29) is 17.1 Å². The van der Waals surface area contributed by atoms with Crippen LogP contribution in [0.2, 0.25) is 0 Å². The molecule has 0 amide bonds. The Balaban J connectivity index is 1.56. The second-order valence-corrected chi connectivity index (χ2v) is 9.19. The highest BCUT2D eigenvalue weighted by molar-refractivity contribution is 5.71. The number of anilines is 1. The molecule has 1 aliphatic rings. The second-order valence-electron chi connectivity index (χ2n) is 9.19. The lowest BCUT2D eigenvalue weighted by atomic mass is 10.1. The van der Waals surface area contributed by atoms with E-state index in [0.717, 1.165) is 49.4 Å². The SMILES string of the molecule is CCCCCCCn1c(CN2CCN(c3ccccc3F)CC2)nc2c1c(=O)n(C)c(=O)n2C. The van der Waals surface area contributed by atoms with Gasteiger partial charge in [-0.2, -0.15) is 0 Å². The number of imidazole rings is 1. The van der Waals surface area contributed by atoms with Gasteiger partial charge in [0.1, 0.15) is 11.6 Å². The molecule has 0 N–H and O–H groups in total. The van der Waals surface area contributed by atoms with E-state index in [4.69, 9.17) is 4.98 Å². The fourth-order valence-electron chi connectivity index (χ4n) is 4.78. The normalized spacial score (nSPS) is 14.9. The van der Waals surface area contributed by atoms with E-state index in [1.165, 1.54) is 36.9 Å². The van der Waals surface area contributed by atoms with E-state index >= 15 is 0 Å². The minimum Gasteiger partial charge on any atom is -0.367 e. The number of rotatable bonds is 9. The van der Waals surface area contributed by atoms with E-state index < -0.39 is 0 Å². The molecule has 1 fully saturated rings. The third kappa shape index (κ3) is 4.80. The highest BCUT2D eigenvalue weighted by Gasteiger charge is 2.23. The molecule has 9 heteroatoms. The minimum atomic E-state index is -0.366. The predicted octanol–water partition coefficient (Wildman–Crippen LogP) is 2.87. The molecule has 0 unspecified atom stereocenters. The Morgan fingerprint density at radius 1 is 0.941 bits per heavy atom. The molecule has 1 aliphatic heterocycles. The summed E-state index contributed by atoms with van der Waals surface area (Å²) in [6, 6.07) is 6.88. The molecule has 0 atom stereocenters. The Hall–Kier alpha value is -2.94. The second kappa shape index (κ2) is 10.5. The third-order valence-corrected chi connectivity index (χ3v) is 6.84. The Kier molecular flexibility index (Phi) is 7.50. The molecule has 0 bridgehead atoms. The molecule has 1 saturated heterocycles. The van der Waals surface area contributed by atoms with Crippen molar-refractivity contribution in [2.24, 2.45) is 14.1 Å². The topological polar surface area (TPSA) is 68.3 Å². The molecule has 0 saturated carbocycles. The average Bonchev–Trinajstić information content (AvgIpc) is 3.20. The van der Waals surface area contributed by atoms with Crippen LogP contribution in [0.3, 0.4) is 0 Å². The highest BCUT2D eigenvalue weighted by Crippen LogP contribution is 2.21. The van der Waals surface area contributed by atoms with Gasteiger partial charge in [-0.25, -0.2) is 14.2 Å². The Bertz CT molecular complexity index is 1250. The van der Waals surface area contributed by atoms with Crippen molar-refractivity contribution in [3.63, 3.8) is 0 Å². The van der Waals surface area contributed by atoms with Crippen LogP contribution in [-0.2, 0) is 27.2 Å². The molecule has 4 rings (SSSR count). The van der Waals surface area contributed by atoms with Crippen molar-refractivity contribution in [3.8, 4) is 0 Å². The van der Waals surface area contributed by atoms with E-state index in [0.29, 0.717) is 29.9 Å². The molecule has 0 radical (unpaired) electrons. The summed E-state index contributed by atoms with van der Waals surface area (Å²) in [6.45, 7) is 6.47. The highest BCUT2D eigenvalue weighted by atomic mass is 19.1. The summed E-state index contributed by atoms with van der Waals surface area (Å²) in [6.07, 6.45) is 5.62. The van der Waals surface area contributed by atoms with Crippen LogP contribution in [0.1, 0.15) is 44.9 Å². The molecule has 184 valence electrons. The maximum Gasteiger partial charge on any atom is 0.332 e. The molecular formula is C25H35FN6O2. The number of halogens is 1. The quantitative estimate of drug-likeness (QED) is 0.450. The Morgan fingerprint density at radius 2 is 1.65 bits per heavy atom. The van der Waals surface area contributed by atoms with Gasteiger partial charge in [0.25, 0.3) is 5.56 Å². The number of fused-ring (bicyclic) bond motifs is 1. The van der Waals surface area contributed by atoms with Crippen LogP contribution in [0.25, 0.3) is 11.2 Å². The number of hydrogen-bond donors (Lipinski definition) is 0. The van der Waals surface area contributed by atoms with Crippen molar-refractivity contribution in [1.29, 1.82) is 0 Å². The van der Waals surface area contributed by atoms with Gasteiger partial charge in [0.15, 0.2) is 11.2 Å². The van der Waals surface area contributed by atoms with Gasteiger partial charge in [-0.05, 0) is 18.6 Å². The van der Waals surface area contributed by atoms with Crippen LogP contribution in [0, 0.1) is 5.82 Å². The molecule has 34 heavy (non-hydrogen) atoms. The summed E-state index contributed by atoms with van der Waals surface area (Å²) in [5.41, 5.74) is 0.923. The third-order valence-electron chi connectivity index (χ3n) is 6.84. The molecule has 1 aromatic carbocycles. The fourth-order valence-corrected chi connectivity index (χ4v) is 4.78. The Labute approximate surface area is 199 Å². The fraction of sp³-hybridized carbons (Fsp3) is 0.560. The summed E-state index contributed by atoms with van der Waals surface area (Å²) >= 11 is 0. The molecular weight excluding hydrogens is 435 g/mol. The van der Waals surface area contributed by atoms with E-state index in [1.807, 2.05) is 16.7 Å². The van der Waals surface area contributed by atoms with Gasteiger partial charge in [0.2, 0.25) is 0 Å². The number of unbranched alkanes of at least 4 members (excludes halogenated alkanes) is 4. The zero-order chi connectivity index (χ0) is 24.2. The van der Waals surface area contributed by atoms with Gasteiger partial charge in [-0.15, -0.1) is 0 Å². The van der Waals surface area contributed by atoms with Crippen molar-refractivity contribution in [1.82, 2.24) is 23.6 Å². The lowest BCUT2D eigenvalue weighted by molar-refractivity contribution is 0.240. The van der Waals surface area contributed by atoms with Gasteiger partial charge in [-0.1, -0.05) is 44.7 Å². The molecule has 3 aromatic rings. The maximum absolute atomic E-state index is 14.2. The number of aromatic nitrogens is 4. The lowest BCUT2D eigenvalue weighted by Crippen LogP contribution is -2.46. The maximum atomic E-state index is 14.2. The summed E-state index contributed by atoms with van der Waals surface area (Å²) < 4.78 is 18.8. The Morgan fingerprint density at radius 3 is 2.35 bits per heavy atom. The first-order chi connectivity index (χ1) is 16.4. The van der Waals surface area contributed by atoms with Crippen molar-refractivity contribution >= 4 is 16.9 Å². The van der Waals surface area contributed by atoms with Gasteiger partial charge in [0.05, 0.1) is 12.2 Å². The number of aryl methyl sites for hydroxylation is 2. The molecule has 2 aromatic heterocycles. The smallest absolute Gasteiger partial charge is 0.332 e. The van der Waals surface area contributed by atoms with E-state index in [2.05, 4.69) is 16.7 Å². The van der Waals surface area contributed by atoms with E-state index in [9.17, 15) is 14.0 Å². The summed E-state index contributed by atoms with van der Waals surface area (Å²) in [7, 11) is 3.18. The standard InChI is InChI=1S/C25H35FN6O2/c1-4-5-6-7-10-13-32-21(27-23-22(32)24(33)29(3)25(34)28(23)2)18-30-14-16-31(17-15-30)20-12-9-8-11-19(20)26/h8-9,11-12H,4-7,10,13-18H2,1-3H3. The van der Waals surface area contributed by atoms with Crippen LogP contribution in [0.15, 0.2) is 33.9 Å². The minimum absolute atomic E-state index is 0.197. The molecule has 0 spiro atoms. The largest absolute Gasteiger partial charge is 0.367 e. The summed E-state index contributed by atoms with van der Waals surface area (Å²) in [4.78, 5) is 34.6. The number of benzene rings is 1. The van der Waals surface area contributed by atoms with Crippen molar-refractivity contribution in [3.05, 3.63) is 56.7 Å². The first-order valence-corrected chi connectivity index (χ1v) is 12.3. The number of hydrogen-bond acceptors (Lipinski definition) is 5. The molecule has 3 heterocycles. The summed E-state index contributed by atoms with van der Waals surface area (Å²) in [5, 5.41) is 0. The van der Waals surface area contributed by atoms with Crippen LogP contribution in [0.5, 0.6) is 0 Å². The number of para-hydroxylation sites is 1. The van der Waals surface area contributed by atoms with Crippen LogP contribution >= 0.6 is 0 Å². The van der Waals surface area contributed by atoms with Crippen LogP contribution in [0.4, 0.5) is 10.1 Å². The number of piperazine rings is 1. The number of nitrogens with zero attached hydrogens (tertiary/aromatic N) is 6. The van der Waals surface area contributed by atoms with Crippen LogP contribution < -0.4 is 16.1 Å². The van der Waals surface area contributed by atoms with Gasteiger partial charge >= 0.3 is 5.69 Å². The lowest BCUT2D eigenvalue weighted by Gasteiger charge is -2.36. The van der Waals surface area contributed by atoms with E-state index in [1.54, 1.807) is 13.1 Å². The average molecular weight is 471 g/mol. The molecule has 8 nitrogen and oxygen atoms in total. The zero-order valence-corrected chi connectivity index (χ0v) is 20.5. The van der Waals surface area contributed by atoms with Crippen molar-refractivity contribution < 1.29 is 4.39 Å². The zero-order valence-electron chi connectivity index (χ0n) is 20.5. The predicted molar refractivity (Wildman–Crippen MR) is 133 cm³/mol. The first kappa shape index (κ1) is 24.2. The van der Waals surface area contributed by atoms with Crippen molar-refractivity contribution in [2.45, 2.75) is 52.1 Å². The molecule has 0 aliphatic carbocycles. The monoisotopic (exact) mass is 470 g/mol. The van der Waals surface area contributed by atoms with Crippen molar-refractivity contribution in [2.75, 3.05) is 31.1 Å². The summed E-state index contributed by atoms with van der Waals surface area (Å²) in [5.74, 6) is 0.612. The van der Waals surface area contributed by atoms with Gasteiger partial charge in [0, 0.05) is 46.8 Å². The van der Waals surface area contributed by atoms with Gasteiger partial charge < -0.3 is 9.47 Å².